The normalized spacial score (nSPS) is 10.1. The highest BCUT2D eigenvalue weighted by Crippen LogP contribution is 2.21. The SMILES string of the molecule is N#Cc1ccc(Nc2nnnc3ccccc23)cc1. The van der Waals surface area contributed by atoms with E-state index in [2.05, 4.69) is 26.8 Å². The van der Waals surface area contributed by atoms with E-state index < -0.39 is 0 Å². The van der Waals surface area contributed by atoms with Gasteiger partial charge in [0.2, 0.25) is 0 Å². The third-order valence-electron chi connectivity index (χ3n) is 2.73. The molecule has 1 aromatic heterocycles. The van der Waals surface area contributed by atoms with Crippen molar-refractivity contribution in [2.45, 2.75) is 0 Å². The van der Waals surface area contributed by atoms with Crippen molar-refractivity contribution in [3.63, 3.8) is 0 Å². The number of nitriles is 1. The van der Waals surface area contributed by atoms with Gasteiger partial charge < -0.3 is 5.32 Å². The molecule has 0 saturated heterocycles. The Labute approximate surface area is 109 Å². The summed E-state index contributed by atoms with van der Waals surface area (Å²) in [6, 6.07) is 16.9. The van der Waals surface area contributed by atoms with E-state index in [0.717, 1.165) is 16.6 Å². The molecule has 19 heavy (non-hydrogen) atoms. The first kappa shape index (κ1) is 11.1. The Balaban J connectivity index is 1.99. The molecule has 1 N–H and O–H groups in total. The van der Waals surface area contributed by atoms with Crippen LogP contribution in [0.1, 0.15) is 5.56 Å². The third kappa shape index (κ3) is 2.19. The molecule has 0 spiro atoms. The van der Waals surface area contributed by atoms with E-state index in [4.69, 9.17) is 5.26 Å². The summed E-state index contributed by atoms with van der Waals surface area (Å²) in [5.74, 6) is 0.648. The second kappa shape index (κ2) is 4.70. The summed E-state index contributed by atoms with van der Waals surface area (Å²) in [6.45, 7) is 0. The van der Waals surface area contributed by atoms with Crippen LogP contribution in [0.25, 0.3) is 10.9 Å². The quantitative estimate of drug-likeness (QED) is 0.753. The van der Waals surface area contributed by atoms with Crippen molar-refractivity contribution in [1.82, 2.24) is 15.4 Å². The van der Waals surface area contributed by atoms with E-state index in [1.807, 2.05) is 36.4 Å². The molecule has 0 aliphatic carbocycles. The smallest absolute Gasteiger partial charge is 0.164 e. The van der Waals surface area contributed by atoms with E-state index in [-0.39, 0.29) is 0 Å². The van der Waals surface area contributed by atoms with Crippen molar-refractivity contribution in [3.05, 3.63) is 54.1 Å². The maximum atomic E-state index is 8.76. The molecule has 90 valence electrons. The van der Waals surface area contributed by atoms with Crippen molar-refractivity contribution in [2.75, 3.05) is 5.32 Å². The predicted molar refractivity (Wildman–Crippen MR) is 71.8 cm³/mol. The second-order valence-electron chi connectivity index (χ2n) is 3.97. The number of aromatic nitrogens is 3. The van der Waals surface area contributed by atoms with Crippen molar-refractivity contribution < 1.29 is 0 Å². The fourth-order valence-electron chi connectivity index (χ4n) is 1.79. The zero-order chi connectivity index (χ0) is 13.1. The van der Waals surface area contributed by atoms with Gasteiger partial charge in [0.05, 0.1) is 17.1 Å². The predicted octanol–water partition coefficient (Wildman–Crippen LogP) is 2.64. The average Bonchev–Trinajstić information content (AvgIpc) is 2.48. The maximum Gasteiger partial charge on any atom is 0.164 e. The highest BCUT2D eigenvalue weighted by molar-refractivity contribution is 5.89. The highest BCUT2D eigenvalue weighted by Gasteiger charge is 2.04. The van der Waals surface area contributed by atoms with Crippen molar-refractivity contribution >= 4 is 22.4 Å². The zero-order valence-electron chi connectivity index (χ0n) is 9.91. The van der Waals surface area contributed by atoms with Crippen LogP contribution in [0.2, 0.25) is 0 Å². The van der Waals surface area contributed by atoms with E-state index in [0.29, 0.717) is 11.4 Å². The van der Waals surface area contributed by atoms with Gasteiger partial charge in [-0.25, -0.2) is 0 Å². The van der Waals surface area contributed by atoms with E-state index in [9.17, 15) is 0 Å². The fraction of sp³-hybridized carbons (Fsp3) is 0. The number of nitrogens with zero attached hydrogens (tertiary/aromatic N) is 4. The molecule has 0 aliphatic rings. The van der Waals surface area contributed by atoms with Gasteiger partial charge in [-0.2, -0.15) is 5.26 Å². The summed E-state index contributed by atoms with van der Waals surface area (Å²) in [7, 11) is 0. The number of hydrogen-bond donors (Lipinski definition) is 1. The number of nitrogens with one attached hydrogen (secondary N) is 1. The lowest BCUT2D eigenvalue weighted by Gasteiger charge is -2.06. The van der Waals surface area contributed by atoms with Crippen molar-refractivity contribution in [3.8, 4) is 6.07 Å². The van der Waals surface area contributed by atoms with Gasteiger partial charge >= 0.3 is 0 Å². The molecule has 1 heterocycles. The van der Waals surface area contributed by atoms with Crippen LogP contribution < -0.4 is 5.32 Å². The number of rotatable bonds is 2. The number of hydrogen-bond acceptors (Lipinski definition) is 5. The maximum absolute atomic E-state index is 8.76. The van der Waals surface area contributed by atoms with Gasteiger partial charge in [-0.15, -0.1) is 10.2 Å². The van der Waals surface area contributed by atoms with Crippen LogP contribution in [0.15, 0.2) is 48.5 Å². The van der Waals surface area contributed by atoms with Gasteiger partial charge in [0.15, 0.2) is 5.82 Å². The van der Waals surface area contributed by atoms with E-state index >= 15 is 0 Å². The summed E-state index contributed by atoms with van der Waals surface area (Å²) in [5.41, 5.74) is 2.26. The van der Waals surface area contributed by atoms with Crippen molar-refractivity contribution in [2.24, 2.45) is 0 Å². The van der Waals surface area contributed by atoms with Gasteiger partial charge in [0, 0.05) is 11.1 Å². The minimum atomic E-state index is 0.622. The molecule has 0 amide bonds. The molecule has 0 bridgehead atoms. The molecule has 3 rings (SSSR count). The minimum Gasteiger partial charge on any atom is -0.338 e. The Morgan fingerprint density at radius 3 is 2.53 bits per heavy atom. The third-order valence-corrected chi connectivity index (χ3v) is 2.73. The lowest BCUT2D eigenvalue weighted by molar-refractivity contribution is 0.900. The lowest BCUT2D eigenvalue weighted by Crippen LogP contribution is -1.98. The Hall–Kier alpha value is -3.00. The Kier molecular flexibility index (Phi) is 2.75. The summed E-state index contributed by atoms with van der Waals surface area (Å²) in [5, 5.41) is 24.5. The minimum absolute atomic E-state index is 0.622. The lowest BCUT2D eigenvalue weighted by atomic mass is 10.2. The van der Waals surface area contributed by atoms with Crippen LogP contribution in [-0.4, -0.2) is 15.4 Å². The summed E-state index contributed by atoms with van der Waals surface area (Å²) in [6.07, 6.45) is 0. The van der Waals surface area contributed by atoms with Crippen LogP contribution in [0.3, 0.4) is 0 Å². The van der Waals surface area contributed by atoms with Gasteiger partial charge in [-0.1, -0.05) is 12.1 Å². The Morgan fingerprint density at radius 2 is 1.74 bits per heavy atom. The van der Waals surface area contributed by atoms with Crippen molar-refractivity contribution in [1.29, 1.82) is 5.26 Å². The van der Waals surface area contributed by atoms with Gasteiger partial charge in [0.25, 0.3) is 0 Å². The zero-order valence-corrected chi connectivity index (χ0v) is 9.91. The highest BCUT2D eigenvalue weighted by atomic mass is 15.3. The molecule has 2 aromatic carbocycles. The van der Waals surface area contributed by atoms with Crippen LogP contribution in [-0.2, 0) is 0 Å². The van der Waals surface area contributed by atoms with E-state index in [1.165, 1.54) is 0 Å². The fourth-order valence-corrected chi connectivity index (χ4v) is 1.79. The molecular formula is C14H9N5. The molecule has 5 nitrogen and oxygen atoms in total. The van der Waals surface area contributed by atoms with Crippen LogP contribution in [0.5, 0.6) is 0 Å². The molecule has 0 fully saturated rings. The van der Waals surface area contributed by atoms with Crippen LogP contribution in [0.4, 0.5) is 11.5 Å². The molecule has 0 unspecified atom stereocenters. The topological polar surface area (TPSA) is 74.5 Å². The number of fused-ring (bicyclic) bond motifs is 1. The van der Waals surface area contributed by atoms with E-state index in [1.54, 1.807) is 12.1 Å². The number of anilines is 2. The molecule has 0 radical (unpaired) electrons. The summed E-state index contributed by atoms with van der Waals surface area (Å²) >= 11 is 0. The Bertz CT molecular complexity index is 753. The summed E-state index contributed by atoms with van der Waals surface area (Å²) in [4.78, 5) is 0. The van der Waals surface area contributed by atoms with Gasteiger partial charge in [-0.05, 0) is 41.6 Å². The largest absolute Gasteiger partial charge is 0.338 e. The van der Waals surface area contributed by atoms with Crippen LogP contribution >= 0.6 is 0 Å². The first-order valence-electron chi connectivity index (χ1n) is 5.72. The average molecular weight is 247 g/mol. The summed E-state index contributed by atoms with van der Waals surface area (Å²) < 4.78 is 0. The van der Waals surface area contributed by atoms with Gasteiger partial charge in [-0.3, -0.25) is 0 Å². The molecule has 0 saturated carbocycles. The Morgan fingerprint density at radius 1 is 0.947 bits per heavy atom. The number of benzene rings is 2. The molecule has 0 atom stereocenters. The second-order valence-corrected chi connectivity index (χ2v) is 3.97. The molecule has 5 heteroatoms. The first-order chi connectivity index (χ1) is 9.36. The van der Waals surface area contributed by atoms with Gasteiger partial charge in [0.1, 0.15) is 0 Å². The molecular weight excluding hydrogens is 238 g/mol. The van der Waals surface area contributed by atoms with Crippen LogP contribution in [0, 0.1) is 11.3 Å². The standard InChI is InChI=1S/C14H9N5/c15-9-10-5-7-11(8-6-10)16-14-12-3-1-2-4-13(12)17-19-18-14/h1-8H,(H,16,17,18). The first-order valence-corrected chi connectivity index (χ1v) is 5.72. The molecule has 0 aliphatic heterocycles. The molecule has 3 aromatic rings. The monoisotopic (exact) mass is 247 g/mol.